The predicted molar refractivity (Wildman–Crippen MR) is 97.4 cm³/mol. The molecule has 0 saturated carbocycles. The van der Waals surface area contributed by atoms with Crippen molar-refractivity contribution in [1.82, 2.24) is 24.9 Å². The minimum absolute atomic E-state index is 0.0441. The summed E-state index contributed by atoms with van der Waals surface area (Å²) in [5.41, 5.74) is 2.54. The Hall–Kier alpha value is -2.15. The Morgan fingerprint density at radius 3 is 2.88 bits per heavy atom. The summed E-state index contributed by atoms with van der Waals surface area (Å²) < 4.78 is 3.88. The maximum Gasteiger partial charge on any atom is 0.242 e. The lowest BCUT2D eigenvalue weighted by atomic mass is 9.92. The second-order valence-corrected chi connectivity index (χ2v) is 6.94. The number of anilines is 1. The van der Waals surface area contributed by atoms with Crippen LogP contribution in [-0.4, -0.2) is 31.5 Å². The van der Waals surface area contributed by atoms with E-state index >= 15 is 0 Å². The van der Waals surface area contributed by atoms with Gasteiger partial charge in [-0.1, -0.05) is 0 Å². The topological polar surface area (TPSA) is 76.8 Å². The number of fused-ring (bicyclic) bond motifs is 1. The Morgan fingerprint density at radius 2 is 2.16 bits per heavy atom. The maximum atomic E-state index is 12.6. The number of nitrogens with zero attached hydrogens (tertiary/aromatic N) is 4. The van der Waals surface area contributed by atoms with Gasteiger partial charge in [-0.15, -0.1) is 0 Å². The van der Waals surface area contributed by atoms with E-state index in [1.54, 1.807) is 6.20 Å². The summed E-state index contributed by atoms with van der Waals surface area (Å²) in [6.45, 7) is 8.98. The van der Waals surface area contributed by atoms with Crippen LogP contribution in [-0.2, 0) is 17.8 Å². The van der Waals surface area contributed by atoms with E-state index < -0.39 is 0 Å². The zero-order chi connectivity index (χ0) is 18.0. The number of aryl methyl sites for hydroxylation is 1. The SMILES string of the molecule is CCn1ncc2c1CCC[C@H]2N[C@@H](C)C(=O)Nc1ccnn1C(C)C. The summed E-state index contributed by atoms with van der Waals surface area (Å²) in [6, 6.07) is 1.92. The monoisotopic (exact) mass is 344 g/mol. The predicted octanol–water partition coefficient (Wildman–Crippen LogP) is 2.67. The van der Waals surface area contributed by atoms with Crippen molar-refractivity contribution in [2.45, 2.75) is 71.6 Å². The van der Waals surface area contributed by atoms with Crippen LogP contribution in [0.1, 0.15) is 63.9 Å². The molecule has 0 saturated heterocycles. The second kappa shape index (κ2) is 7.39. The summed E-state index contributed by atoms with van der Waals surface area (Å²) in [5.74, 6) is 0.689. The Balaban J connectivity index is 1.66. The molecule has 0 fully saturated rings. The normalized spacial score (nSPS) is 18.2. The molecule has 0 unspecified atom stereocenters. The minimum atomic E-state index is -0.295. The van der Waals surface area contributed by atoms with Gasteiger partial charge in [-0.05, 0) is 47.0 Å². The first kappa shape index (κ1) is 17.7. The van der Waals surface area contributed by atoms with E-state index in [2.05, 4.69) is 32.4 Å². The molecule has 7 nitrogen and oxygen atoms in total. The van der Waals surface area contributed by atoms with Gasteiger partial charge in [-0.2, -0.15) is 10.2 Å². The van der Waals surface area contributed by atoms with Crippen LogP contribution in [0.2, 0.25) is 0 Å². The number of nitrogens with one attached hydrogen (secondary N) is 2. The van der Waals surface area contributed by atoms with E-state index in [1.807, 2.05) is 37.7 Å². The van der Waals surface area contributed by atoms with E-state index in [0.29, 0.717) is 0 Å². The van der Waals surface area contributed by atoms with Crippen molar-refractivity contribution in [2.24, 2.45) is 0 Å². The third kappa shape index (κ3) is 3.61. The van der Waals surface area contributed by atoms with Crippen LogP contribution in [0, 0.1) is 0 Å². The summed E-state index contributed by atoms with van der Waals surface area (Å²) in [7, 11) is 0. The fourth-order valence-corrected chi connectivity index (χ4v) is 3.50. The number of amides is 1. The van der Waals surface area contributed by atoms with Crippen molar-refractivity contribution in [3.63, 3.8) is 0 Å². The molecular weight excluding hydrogens is 316 g/mol. The molecule has 1 aliphatic carbocycles. The zero-order valence-electron chi connectivity index (χ0n) is 15.5. The third-order valence-electron chi connectivity index (χ3n) is 4.82. The van der Waals surface area contributed by atoms with Crippen LogP contribution < -0.4 is 10.6 Å². The van der Waals surface area contributed by atoms with E-state index in [9.17, 15) is 4.79 Å². The van der Waals surface area contributed by atoms with E-state index in [0.717, 1.165) is 31.6 Å². The van der Waals surface area contributed by atoms with Gasteiger partial charge in [-0.25, -0.2) is 4.68 Å². The minimum Gasteiger partial charge on any atom is -0.310 e. The number of carbonyl (C=O) groups excluding carboxylic acids is 1. The van der Waals surface area contributed by atoms with Crippen LogP contribution in [0.3, 0.4) is 0 Å². The first-order valence-corrected chi connectivity index (χ1v) is 9.16. The molecule has 7 heteroatoms. The molecule has 0 bridgehead atoms. The molecule has 2 heterocycles. The van der Waals surface area contributed by atoms with Crippen LogP contribution in [0.25, 0.3) is 0 Å². The second-order valence-electron chi connectivity index (χ2n) is 6.94. The fraction of sp³-hybridized carbons (Fsp3) is 0.611. The smallest absolute Gasteiger partial charge is 0.242 e. The molecule has 2 aromatic heterocycles. The molecular formula is C18H28N6O. The van der Waals surface area contributed by atoms with Crippen molar-refractivity contribution >= 4 is 11.7 Å². The molecule has 0 spiro atoms. The van der Waals surface area contributed by atoms with Crippen molar-refractivity contribution in [1.29, 1.82) is 0 Å². The van der Waals surface area contributed by atoms with Gasteiger partial charge in [0.1, 0.15) is 5.82 Å². The summed E-state index contributed by atoms with van der Waals surface area (Å²) >= 11 is 0. The quantitative estimate of drug-likeness (QED) is 0.845. The summed E-state index contributed by atoms with van der Waals surface area (Å²) in [5, 5.41) is 15.2. The molecule has 25 heavy (non-hydrogen) atoms. The van der Waals surface area contributed by atoms with Crippen LogP contribution in [0.4, 0.5) is 5.82 Å². The number of carbonyl (C=O) groups is 1. The molecule has 136 valence electrons. The number of hydrogen-bond acceptors (Lipinski definition) is 4. The molecule has 0 aromatic carbocycles. The highest BCUT2D eigenvalue weighted by Gasteiger charge is 2.27. The lowest BCUT2D eigenvalue weighted by Gasteiger charge is -2.27. The summed E-state index contributed by atoms with van der Waals surface area (Å²) in [4.78, 5) is 12.6. The van der Waals surface area contributed by atoms with E-state index in [-0.39, 0.29) is 24.0 Å². The van der Waals surface area contributed by atoms with Crippen molar-refractivity contribution < 1.29 is 4.79 Å². The molecule has 2 N–H and O–H groups in total. The first-order valence-electron chi connectivity index (χ1n) is 9.16. The molecule has 1 amide bonds. The lowest BCUT2D eigenvalue weighted by Crippen LogP contribution is -2.41. The number of rotatable bonds is 6. The fourth-order valence-electron chi connectivity index (χ4n) is 3.50. The highest BCUT2D eigenvalue weighted by Crippen LogP contribution is 2.30. The van der Waals surface area contributed by atoms with Crippen LogP contribution >= 0.6 is 0 Å². The van der Waals surface area contributed by atoms with Gasteiger partial charge in [0, 0.05) is 36.0 Å². The van der Waals surface area contributed by atoms with Gasteiger partial charge in [0.25, 0.3) is 0 Å². The first-order chi connectivity index (χ1) is 12.0. The average molecular weight is 344 g/mol. The van der Waals surface area contributed by atoms with Gasteiger partial charge < -0.3 is 5.32 Å². The third-order valence-corrected chi connectivity index (χ3v) is 4.82. The molecule has 0 radical (unpaired) electrons. The Kier molecular flexibility index (Phi) is 5.22. The van der Waals surface area contributed by atoms with Gasteiger partial charge >= 0.3 is 0 Å². The zero-order valence-corrected chi connectivity index (χ0v) is 15.5. The van der Waals surface area contributed by atoms with Gasteiger partial charge in [0.2, 0.25) is 5.91 Å². The van der Waals surface area contributed by atoms with Crippen molar-refractivity contribution in [2.75, 3.05) is 5.32 Å². The number of aromatic nitrogens is 4. The van der Waals surface area contributed by atoms with Crippen molar-refractivity contribution in [3.05, 3.63) is 29.7 Å². The Morgan fingerprint density at radius 1 is 1.36 bits per heavy atom. The lowest BCUT2D eigenvalue weighted by molar-refractivity contribution is -0.118. The van der Waals surface area contributed by atoms with Crippen LogP contribution in [0.15, 0.2) is 18.5 Å². The Labute approximate surface area is 148 Å². The maximum absolute atomic E-state index is 12.6. The molecule has 3 rings (SSSR count). The summed E-state index contributed by atoms with van der Waals surface area (Å²) in [6.07, 6.45) is 6.87. The van der Waals surface area contributed by atoms with E-state index in [4.69, 9.17) is 0 Å². The van der Waals surface area contributed by atoms with Gasteiger partial charge in [0.15, 0.2) is 0 Å². The highest BCUT2D eigenvalue weighted by atomic mass is 16.2. The molecule has 2 atom stereocenters. The number of hydrogen-bond donors (Lipinski definition) is 2. The van der Waals surface area contributed by atoms with Crippen LogP contribution in [0.5, 0.6) is 0 Å². The van der Waals surface area contributed by atoms with Crippen molar-refractivity contribution in [3.8, 4) is 0 Å². The standard InChI is InChI=1S/C18H28N6O/c1-5-23-16-8-6-7-15(14(16)11-20-23)21-13(4)18(25)22-17-9-10-19-24(17)12(2)3/h9-13,15,21H,5-8H2,1-4H3,(H,22,25)/t13-,15+/m0/s1. The average Bonchev–Trinajstić information content (AvgIpc) is 3.21. The Bertz CT molecular complexity index is 732. The molecule has 1 aliphatic rings. The largest absolute Gasteiger partial charge is 0.310 e. The van der Waals surface area contributed by atoms with E-state index in [1.165, 1.54) is 11.3 Å². The van der Waals surface area contributed by atoms with Gasteiger partial charge in [-0.3, -0.25) is 14.8 Å². The van der Waals surface area contributed by atoms with Gasteiger partial charge in [0.05, 0.1) is 18.4 Å². The molecule has 2 aromatic rings. The molecule has 0 aliphatic heterocycles. The highest BCUT2D eigenvalue weighted by molar-refractivity contribution is 5.93.